The number of aromatic nitrogens is 3. The molecule has 0 bridgehead atoms. The van der Waals surface area contributed by atoms with Crippen molar-refractivity contribution in [3.05, 3.63) is 152 Å². The molecule has 3 heteroatoms. The second-order valence-corrected chi connectivity index (χ2v) is 9.78. The molecule has 7 aromatic rings. The molecule has 5 aromatic carbocycles. The molecular formula is C37H25N3. The first-order valence-corrected chi connectivity index (χ1v) is 13.4. The van der Waals surface area contributed by atoms with E-state index in [0.717, 1.165) is 33.6 Å². The highest BCUT2D eigenvalue weighted by molar-refractivity contribution is 5.88. The standard InChI is InChI=1S/C37H25N3/c1-2-7-26(8-3-1)28-13-16-29(17-14-28)35-25-36(40-37(39-35)30-19-21-38-22-20-30)34-12-6-11-32(24-34)33-18-15-27-9-4-5-10-31(27)23-33/h1-25H. The predicted octanol–water partition coefficient (Wildman–Crippen LogP) is 9.36. The zero-order valence-electron chi connectivity index (χ0n) is 21.8. The molecule has 0 atom stereocenters. The second-order valence-electron chi connectivity index (χ2n) is 9.78. The van der Waals surface area contributed by atoms with Crippen LogP contribution in [0.5, 0.6) is 0 Å². The van der Waals surface area contributed by atoms with Gasteiger partial charge in [0.2, 0.25) is 0 Å². The van der Waals surface area contributed by atoms with Crippen molar-refractivity contribution in [1.29, 1.82) is 0 Å². The van der Waals surface area contributed by atoms with Gasteiger partial charge in [0.15, 0.2) is 5.82 Å². The molecule has 0 spiro atoms. The van der Waals surface area contributed by atoms with Gasteiger partial charge in [0.05, 0.1) is 11.4 Å². The third-order valence-electron chi connectivity index (χ3n) is 7.19. The van der Waals surface area contributed by atoms with Crippen LogP contribution in [0.3, 0.4) is 0 Å². The van der Waals surface area contributed by atoms with Crippen LogP contribution < -0.4 is 0 Å². The van der Waals surface area contributed by atoms with Gasteiger partial charge in [0.1, 0.15) is 0 Å². The van der Waals surface area contributed by atoms with Crippen LogP contribution >= 0.6 is 0 Å². The molecule has 0 unspecified atom stereocenters. The Labute approximate surface area is 233 Å². The van der Waals surface area contributed by atoms with Crippen LogP contribution in [0.2, 0.25) is 0 Å². The summed E-state index contributed by atoms with van der Waals surface area (Å²) in [6, 6.07) is 48.6. The number of hydrogen-bond acceptors (Lipinski definition) is 3. The van der Waals surface area contributed by atoms with Gasteiger partial charge in [-0.3, -0.25) is 4.98 Å². The predicted molar refractivity (Wildman–Crippen MR) is 165 cm³/mol. The minimum atomic E-state index is 0.679. The lowest BCUT2D eigenvalue weighted by molar-refractivity contribution is 1.18. The van der Waals surface area contributed by atoms with Crippen molar-refractivity contribution < 1.29 is 0 Å². The summed E-state index contributed by atoms with van der Waals surface area (Å²) < 4.78 is 0. The first-order valence-electron chi connectivity index (χ1n) is 13.4. The van der Waals surface area contributed by atoms with Gasteiger partial charge < -0.3 is 0 Å². The highest BCUT2D eigenvalue weighted by atomic mass is 14.9. The monoisotopic (exact) mass is 511 g/mol. The molecule has 2 aromatic heterocycles. The Bertz CT molecular complexity index is 1930. The number of benzene rings is 5. The van der Waals surface area contributed by atoms with Crippen molar-refractivity contribution in [1.82, 2.24) is 15.0 Å². The summed E-state index contributed by atoms with van der Waals surface area (Å²) in [6.07, 6.45) is 3.56. The highest BCUT2D eigenvalue weighted by Crippen LogP contribution is 2.32. The molecule has 0 saturated heterocycles. The van der Waals surface area contributed by atoms with E-state index in [9.17, 15) is 0 Å². The third-order valence-corrected chi connectivity index (χ3v) is 7.19. The lowest BCUT2D eigenvalue weighted by Gasteiger charge is -2.11. The molecule has 0 aliphatic carbocycles. The number of pyridine rings is 1. The van der Waals surface area contributed by atoms with Crippen molar-refractivity contribution in [2.75, 3.05) is 0 Å². The van der Waals surface area contributed by atoms with E-state index in [1.165, 1.54) is 27.5 Å². The molecule has 0 amide bonds. The lowest BCUT2D eigenvalue weighted by Crippen LogP contribution is -1.96. The molecule has 0 aliphatic heterocycles. The van der Waals surface area contributed by atoms with E-state index in [-0.39, 0.29) is 0 Å². The van der Waals surface area contributed by atoms with Crippen LogP contribution in [0.15, 0.2) is 152 Å². The molecule has 0 fully saturated rings. The molecule has 40 heavy (non-hydrogen) atoms. The number of hydrogen-bond donors (Lipinski definition) is 0. The average molecular weight is 512 g/mol. The van der Waals surface area contributed by atoms with Gasteiger partial charge in [-0.1, -0.05) is 109 Å². The summed E-state index contributed by atoms with van der Waals surface area (Å²) in [5, 5.41) is 2.47. The van der Waals surface area contributed by atoms with E-state index in [1.54, 1.807) is 12.4 Å². The SMILES string of the molecule is c1ccc(-c2ccc(-c3cc(-c4cccc(-c5ccc6ccccc6c5)c4)nc(-c4ccncc4)n3)cc2)cc1. The number of rotatable bonds is 5. The zero-order valence-corrected chi connectivity index (χ0v) is 21.8. The van der Waals surface area contributed by atoms with Gasteiger partial charge in [-0.2, -0.15) is 0 Å². The summed E-state index contributed by atoms with van der Waals surface area (Å²) >= 11 is 0. The Kier molecular flexibility index (Phi) is 6.15. The summed E-state index contributed by atoms with van der Waals surface area (Å²) in [5.41, 5.74) is 9.50. The maximum atomic E-state index is 5.01. The van der Waals surface area contributed by atoms with E-state index in [4.69, 9.17) is 9.97 Å². The summed E-state index contributed by atoms with van der Waals surface area (Å²) in [5.74, 6) is 0.679. The van der Waals surface area contributed by atoms with E-state index >= 15 is 0 Å². The zero-order chi connectivity index (χ0) is 26.7. The minimum Gasteiger partial charge on any atom is -0.265 e. The van der Waals surface area contributed by atoms with E-state index in [2.05, 4.69) is 126 Å². The maximum Gasteiger partial charge on any atom is 0.160 e. The minimum absolute atomic E-state index is 0.679. The molecule has 0 saturated carbocycles. The molecule has 0 aliphatic rings. The summed E-state index contributed by atoms with van der Waals surface area (Å²) in [7, 11) is 0. The van der Waals surface area contributed by atoms with Gasteiger partial charge >= 0.3 is 0 Å². The van der Waals surface area contributed by atoms with Crippen LogP contribution in [0, 0.1) is 0 Å². The van der Waals surface area contributed by atoms with Crippen LogP contribution in [-0.4, -0.2) is 15.0 Å². The van der Waals surface area contributed by atoms with Crippen molar-refractivity contribution in [2.45, 2.75) is 0 Å². The lowest BCUT2D eigenvalue weighted by atomic mass is 9.98. The Hall–Kier alpha value is -5.41. The summed E-state index contributed by atoms with van der Waals surface area (Å²) in [4.78, 5) is 14.2. The van der Waals surface area contributed by atoms with Crippen molar-refractivity contribution in [3.63, 3.8) is 0 Å². The highest BCUT2D eigenvalue weighted by Gasteiger charge is 2.12. The van der Waals surface area contributed by atoms with Crippen molar-refractivity contribution in [2.24, 2.45) is 0 Å². The Balaban J connectivity index is 1.32. The normalized spacial score (nSPS) is 11.0. The second kappa shape index (κ2) is 10.4. The van der Waals surface area contributed by atoms with Gasteiger partial charge in [-0.15, -0.1) is 0 Å². The van der Waals surface area contributed by atoms with Crippen molar-refractivity contribution in [3.8, 4) is 56.2 Å². The molecule has 0 N–H and O–H groups in total. The van der Waals surface area contributed by atoms with E-state index in [0.29, 0.717) is 5.82 Å². The molecule has 7 rings (SSSR count). The van der Waals surface area contributed by atoms with E-state index in [1.807, 2.05) is 18.2 Å². The fraction of sp³-hybridized carbons (Fsp3) is 0. The van der Waals surface area contributed by atoms with Crippen LogP contribution in [0.1, 0.15) is 0 Å². The molecule has 2 heterocycles. The van der Waals surface area contributed by atoms with Gasteiger partial charge in [-0.05, 0) is 63.4 Å². The topological polar surface area (TPSA) is 38.7 Å². The molecular weight excluding hydrogens is 486 g/mol. The number of nitrogens with zero attached hydrogens (tertiary/aromatic N) is 3. The van der Waals surface area contributed by atoms with Gasteiger partial charge in [-0.25, -0.2) is 9.97 Å². The Morgan fingerprint density at radius 2 is 0.900 bits per heavy atom. The fourth-order valence-corrected chi connectivity index (χ4v) is 5.06. The fourth-order valence-electron chi connectivity index (χ4n) is 5.06. The van der Waals surface area contributed by atoms with Crippen LogP contribution in [-0.2, 0) is 0 Å². The van der Waals surface area contributed by atoms with Crippen molar-refractivity contribution >= 4 is 10.8 Å². The van der Waals surface area contributed by atoms with Gasteiger partial charge in [0, 0.05) is 29.1 Å². The summed E-state index contributed by atoms with van der Waals surface area (Å²) in [6.45, 7) is 0. The van der Waals surface area contributed by atoms with E-state index < -0.39 is 0 Å². The first-order chi connectivity index (χ1) is 19.8. The molecule has 0 radical (unpaired) electrons. The first kappa shape index (κ1) is 23.7. The average Bonchev–Trinajstić information content (AvgIpc) is 3.05. The van der Waals surface area contributed by atoms with Gasteiger partial charge in [0.25, 0.3) is 0 Å². The quantitative estimate of drug-likeness (QED) is 0.231. The molecule has 188 valence electrons. The Morgan fingerprint density at radius 1 is 0.325 bits per heavy atom. The number of fused-ring (bicyclic) bond motifs is 1. The van der Waals surface area contributed by atoms with Crippen LogP contribution in [0.4, 0.5) is 0 Å². The largest absolute Gasteiger partial charge is 0.265 e. The Morgan fingerprint density at radius 3 is 1.70 bits per heavy atom. The smallest absolute Gasteiger partial charge is 0.160 e. The van der Waals surface area contributed by atoms with Crippen LogP contribution in [0.25, 0.3) is 66.9 Å². The maximum absolute atomic E-state index is 5.01. The third kappa shape index (κ3) is 4.77. The molecule has 3 nitrogen and oxygen atoms in total.